The van der Waals surface area contributed by atoms with Gasteiger partial charge in [0, 0.05) is 21.9 Å². The third-order valence-corrected chi connectivity index (χ3v) is 6.96. The number of sulfone groups is 1. The van der Waals surface area contributed by atoms with E-state index in [4.69, 9.17) is 0 Å². The first kappa shape index (κ1) is 20.5. The summed E-state index contributed by atoms with van der Waals surface area (Å²) in [5.74, 6) is -1.31. The van der Waals surface area contributed by atoms with Gasteiger partial charge in [-0.05, 0) is 43.3 Å². The summed E-state index contributed by atoms with van der Waals surface area (Å²) in [4.78, 5) is 14.3. The number of amides is 1. The van der Waals surface area contributed by atoms with Crippen LogP contribution >= 0.6 is 11.8 Å². The lowest BCUT2D eigenvalue weighted by Gasteiger charge is -2.28. The molecule has 0 saturated carbocycles. The van der Waals surface area contributed by atoms with Crippen molar-refractivity contribution in [3.8, 4) is 0 Å². The fraction of sp³-hybridized carbons (Fsp3) is 0.250. The van der Waals surface area contributed by atoms with Gasteiger partial charge in [0.1, 0.15) is 11.6 Å². The smallest absolute Gasteiger partial charge is 0.237 e. The maximum Gasteiger partial charge on any atom is 0.237 e. The van der Waals surface area contributed by atoms with E-state index in [1.54, 1.807) is 25.1 Å². The molecule has 148 valence electrons. The number of halogens is 2. The van der Waals surface area contributed by atoms with Crippen LogP contribution in [0.2, 0.25) is 0 Å². The molecule has 0 spiro atoms. The van der Waals surface area contributed by atoms with Gasteiger partial charge < -0.3 is 4.90 Å². The predicted molar refractivity (Wildman–Crippen MR) is 108 cm³/mol. The maximum atomic E-state index is 13.9. The Bertz CT molecular complexity index is 991. The van der Waals surface area contributed by atoms with Gasteiger partial charge in [-0.1, -0.05) is 18.2 Å². The van der Waals surface area contributed by atoms with Crippen LogP contribution in [-0.4, -0.2) is 31.9 Å². The van der Waals surface area contributed by atoms with Crippen LogP contribution in [0.15, 0.2) is 60.0 Å². The van der Waals surface area contributed by atoms with Gasteiger partial charge in [-0.2, -0.15) is 0 Å². The van der Waals surface area contributed by atoms with Gasteiger partial charge in [-0.15, -0.1) is 11.8 Å². The van der Waals surface area contributed by atoms with E-state index in [1.165, 1.54) is 53.1 Å². The summed E-state index contributed by atoms with van der Waals surface area (Å²) in [6.07, 6.45) is 1.46. The van der Waals surface area contributed by atoms with Crippen molar-refractivity contribution >= 4 is 33.2 Å². The van der Waals surface area contributed by atoms with Crippen LogP contribution in [0.25, 0.3) is 0 Å². The minimum atomic E-state index is -3.37. The molecule has 2 aromatic rings. The Kier molecular flexibility index (Phi) is 6.20. The SMILES string of the molecule is C[C@@H](SCC(=O)N(c1ccc(F)cc1)[C@@H]1C=CS(=O)(=O)C1)c1ccccc1F. The van der Waals surface area contributed by atoms with Crippen molar-refractivity contribution in [3.05, 3.63) is 77.2 Å². The van der Waals surface area contributed by atoms with Crippen LogP contribution in [0.3, 0.4) is 0 Å². The van der Waals surface area contributed by atoms with Gasteiger partial charge >= 0.3 is 0 Å². The highest BCUT2D eigenvalue weighted by atomic mass is 32.2. The summed E-state index contributed by atoms with van der Waals surface area (Å²) in [5.41, 5.74) is 0.911. The molecule has 0 saturated heterocycles. The summed E-state index contributed by atoms with van der Waals surface area (Å²) >= 11 is 1.26. The quantitative estimate of drug-likeness (QED) is 0.702. The molecule has 4 nitrogen and oxygen atoms in total. The van der Waals surface area contributed by atoms with E-state index in [2.05, 4.69) is 0 Å². The van der Waals surface area contributed by atoms with Crippen molar-refractivity contribution in [2.75, 3.05) is 16.4 Å². The van der Waals surface area contributed by atoms with Gasteiger partial charge in [-0.25, -0.2) is 17.2 Å². The normalized spacial score (nSPS) is 18.8. The molecule has 1 heterocycles. The highest BCUT2D eigenvalue weighted by Crippen LogP contribution is 2.31. The van der Waals surface area contributed by atoms with Crippen molar-refractivity contribution in [2.24, 2.45) is 0 Å². The highest BCUT2D eigenvalue weighted by molar-refractivity contribution is 8.00. The fourth-order valence-corrected chi connectivity index (χ4v) is 5.17. The van der Waals surface area contributed by atoms with Gasteiger partial charge in [0.25, 0.3) is 0 Å². The van der Waals surface area contributed by atoms with E-state index >= 15 is 0 Å². The third kappa shape index (κ3) is 4.80. The molecule has 1 amide bonds. The highest BCUT2D eigenvalue weighted by Gasteiger charge is 2.31. The third-order valence-electron chi connectivity index (χ3n) is 4.42. The molecule has 0 N–H and O–H groups in total. The first-order valence-electron chi connectivity index (χ1n) is 8.61. The lowest BCUT2D eigenvalue weighted by Crippen LogP contribution is -2.42. The van der Waals surface area contributed by atoms with Gasteiger partial charge in [0.15, 0.2) is 9.84 Å². The number of carbonyl (C=O) groups excluding carboxylic acids is 1. The molecule has 3 rings (SSSR count). The second-order valence-electron chi connectivity index (χ2n) is 6.44. The number of benzene rings is 2. The molecular weight excluding hydrogens is 404 g/mol. The standard InChI is InChI=1S/C20H19F2NO3S2/c1-14(18-4-2-3-5-19(18)22)27-12-20(24)23(16-8-6-15(21)7-9-16)17-10-11-28(25,26)13-17/h2-11,14,17H,12-13H2,1H3/t14-,17-/m1/s1. The summed E-state index contributed by atoms with van der Waals surface area (Å²) in [6.45, 7) is 1.80. The molecule has 2 atom stereocenters. The van der Waals surface area contributed by atoms with E-state index in [0.29, 0.717) is 11.3 Å². The lowest BCUT2D eigenvalue weighted by molar-refractivity contribution is -0.116. The molecule has 0 aliphatic carbocycles. The number of hydrogen-bond acceptors (Lipinski definition) is 4. The van der Waals surface area contributed by atoms with E-state index in [-0.39, 0.29) is 28.5 Å². The average molecular weight is 424 g/mol. The number of carbonyl (C=O) groups is 1. The zero-order valence-electron chi connectivity index (χ0n) is 15.1. The van der Waals surface area contributed by atoms with Crippen molar-refractivity contribution in [1.29, 1.82) is 0 Å². The Morgan fingerprint density at radius 1 is 1.18 bits per heavy atom. The Morgan fingerprint density at radius 2 is 1.86 bits per heavy atom. The number of thioether (sulfide) groups is 1. The first-order valence-corrected chi connectivity index (χ1v) is 11.4. The van der Waals surface area contributed by atoms with Crippen molar-refractivity contribution in [1.82, 2.24) is 0 Å². The van der Waals surface area contributed by atoms with Crippen molar-refractivity contribution < 1.29 is 22.0 Å². The molecule has 8 heteroatoms. The van der Waals surface area contributed by atoms with Gasteiger partial charge in [-0.3, -0.25) is 4.79 Å². The predicted octanol–water partition coefficient (Wildman–Crippen LogP) is 4.10. The lowest BCUT2D eigenvalue weighted by atomic mass is 10.1. The van der Waals surface area contributed by atoms with Crippen LogP contribution < -0.4 is 4.90 Å². The van der Waals surface area contributed by atoms with E-state index < -0.39 is 21.7 Å². The minimum absolute atomic E-state index is 0.0251. The van der Waals surface area contributed by atoms with E-state index in [1.807, 2.05) is 0 Å². The monoisotopic (exact) mass is 423 g/mol. The molecule has 1 aliphatic heterocycles. The Labute approximate surface area is 167 Å². The van der Waals surface area contributed by atoms with Crippen LogP contribution in [0.1, 0.15) is 17.7 Å². The van der Waals surface area contributed by atoms with Crippen LogP contribution in [0.5, 0.6) is 0 Å². The average Bonchev–Trinajstić information content (AvgIpc) is 3.01. The molecule has 1 aliphatic rings. The molecule has 0 fully saturated rings. The summed E-state index contributed by atoms with van der Waals surface area (Å²) in [6, 6.07) is 11.0. The fourth-order valence-electron chi connectivity index (χ4n) is 3.00. The molecule has 28 heavy (non-hydrogen) atoms. The molecular formula is C20H19F2NO3S2. The maximum absolute atomic E-state index is 13.9. The summed E-state index contributed by atoms with van der Waals surface area (Å²) in [5, 5.41) is 0.833. The van der Waals surface area contributed by atoms with Crippen molar-refractivity contribution in [3.63, 3.8) is 0 Å². The topological polar surface area (TPSA) is 54.5 Å². The number of nitrogens with zero attached hydrogens (tertiary/aromatic N) is 1. The first-order chi connectivity index (χ1) is 13.3. The van der Waals surface area contributed by atoms with Crippen LogP contribution in [0, 0.1) is 11.6 Å². The Morgan fingerprint density at radius 3 is 2.46 bits per heavy atom. The van der Waals surface area contributed by atoms with Gasteiger partial charge in [0.05, 0.1) is 17.5 Å². The van der Waals surface area contributed by atoms with E-state index in [0.717, 1.165) is 5.41 Å². The number of hydrogen-bond donors (Lipinski definition) is 0. The molecule has 0 aromatic heterocycles. The second kappa shape index (κ2) is 8.45. The Hall–Kier alpha value is -2.19. The largest absolute Gasteiger partial charge is 0.304 e. The van der Waals surface area contributed by atoms with Crippen LogP contribution in [-0.2, 0) is 14.6 Å². The second-order valence-corrected chi connectivity index (χ2v) is 9.70. The zero-order chi connectivity index (χ0) is 20.3. The van der Waals surface area contributed by atoms with Crippen molar-refractivity contribution in [2.45, 2.75) is 18.2 Å². The van der Waals surface area contributed by atoms with Crippen LogP contribution in [0.4, 0.5) is 14.5 Å². The molecule has 0 radical (unpaired) electrons. The zero-order valence-corrected chi connectivity index (χ0v) is 16.7. The van der Waals surface area contributed by atoms with Gasteiger partial charge in [0.2, 0.25) is 5.91 Å². The Balaban J connectivity index is 1.78. The molecule has 0 unspecified atom stereocenters. The minimum Gasteiger partial charge on any atom is -0.304 e. The van der Waals surface area contributed by atoms with E-state index in [9.17, 15) is 22.0 Å². The molecule has 2 aromatic carbocycles. The summed E-state index contributed by atoms with van der Waals surface area (Å²) in [7, 11) is -3.37. The number of anilines is 1. The number of rotatable bonds is 6. The summed E-state index contributed by atoms with van der Waals surface area (Å²) < 4.78 is 50.8. The molecule has 0 bridgehead atoms.